The summed E-state index contributed by atoms with van der Waals surface area (Å²) in [6.45, 7) is 2.99. The van der Waals surface area contributed by atoms with Crippen LogP contribution >= 0.6 is 11.3 Å². The number of carbonyl (C=O) groups is 1. The molecule has 1 aliphatic heterocycles. The Hall–Kier alpha value is -1.79. The molecule has 1 unspecified atom stereocenters. The first-order chi connectivity index (χ1) is 9.72. The van der Waals surface area contributed by atoms with Gasteiger partial charge in [-0.3, -0.25) is 10.1 Å². The Morgan fingerprint density at radius 3 is 3.10 bits per heavy atom. The van der Waals surface area contributed by atoms with E-state index in [2.05, 4.69) is 20.8 Å². The standard InChI is InChI=1S/C14H16N4OS/c1-9-4-2-5-10(8-9)12(19)16-14-18-17-13(20-14)11-6-3-7-15-11/h2,4-5,8,11,15H,3,6-7H2,1H3,(H,16,18,19). The van der Waals surface area contributed by atoms with Gasteiger partial charge in [-0.15, -0.1) is 10.2 Å². The van der Waals surface area contributed by atoms with E-state index >= 15 is 0 Å². The van der Waals surface area contributed by atoms with Crippen molar-refractivity contribution in [3.8, 4) is 0 Å². The number of hydrogen-bond donors (Lipinski definition) is 2. The molecule has 0 radical (unpaired) electrons. The van der Waals surface area contributed by atoms with Gasteiger partial charge in [-0.2, -0.15) is 0 Å². The molecule has 1 atom stereocenters. The van der Waals surface area contributed by atoms with Gasteiger partial charge in [-0.1, -0.05) is 29.0 Å². The number of hydrogen-bond acceptors (Lipinski definition) is 5. The number of nitrogens with one attached hydrogen (secondary N) is 2. The number of aromatic nitrogens is 2. The van der Waals surface area contributed by atoms with Gasteiger partial charge < -0.3 is 5.32 Å². The minimum atomic E-state index is -0.143. The van der Waals surface area contributed by atoms with Crippen molar-refractivity contribution in [3.63, 3.8) is 0 Å². The molecule has 1 saturated heterocycles. The highest BCUT2D eigenvalue weighted by molar-refractivity contribution is 7.15. The molecule has 1 amide bonds. The van der Waals surface area contributed by atoms with Crippen molar-refractivity contribution >= 4 is 22.4 Å². The monoisotopic (exact) mass is 288 g/mol. The van der Waals surface area contributed by atoms with Crippen molar-refractivity contribution in [3.05, 3.63) is 40.4 Å². The zero-order valence-electron chi connectivity index (χ0n) is 11.2. The SMILES string of the molecule is Cc1cccc(C(=O)Nc2nnc(C3CCCN3)s2)c1. The lowest BCUT2D eigenvalue weighted by Gasteiger charge is -2.03. The molecule has 5 nitrogen and oxygen atoms in total. The van der Waals surface area contributed by atoms with Crippen LogP contribution in [0.5, 0.6) is 0 Å². The van der Waals surface area contributed by atoms with Gasteiger partial charge in [0, 0.05) is 5.56 Å². The first kappa shape index (κ1) is 13.2. The molecule has 1 aromatic carbocycles. The molecular weight excluding hydrogens is 272 g/mol. The highest BCUT2D eigenvalue weighted by atomic mass is 32.1. The fourth-order valence-corrected chi connectivity index (χ4v) is 3.13. The summed E-state index contributed by atoms with van der Waals surface area (Å²) in [5.74, 6) is -0.143. The van der Waals surface area contributed by atoms with Crippen molar-refractivity contribution in [2.75, 3.05) is 11.9 Å². The van der Waals surface area contributed by atoms with E-state index in [9.17, 15) is 4.79 Å². The van der Waals surface area contributed by atoms with E-state index in [1.807, 2.05) is 25.1 Å². The zero-order valence-corrected chi connectivity index (χ0v) is 12.0. The molecule has 0 spiro atoms. The van der Waals surface area contributed by atoms with E-state index in [1.165, 1.54) is 11.3 Å². The van der Waals surface area contributed by atoms with E-state index in [0.717, 1.165) is 30.0 Å². The second kappa shape index (κ2) is 5.68. The van der Waals surface area contributed by atoms with E-state index in [4.69, 9.17) is 0 Å². The lowest BCUT2D eigenvalue weighted by Crippen LogP contribution is -2.12. The molecule has 1 aromatic heterocycles. The third kappa shape index (κ3) is 2.86. The topological polar surface area (TPSA) is 66.9 Å². The van der Waals surface area contributed by atoms with Crippen molar-refractivity contribution in [1.29, 1.82) is 0 Å². The maximum atomic E-state index is 12.1. The minimum Gasteiger partial charge on any atom is -0.308 e. The highest BCUT2D eigenvalue weighted by Crippen LogP contribution is 2.27. The van der Waals surface area contributed by atoms with Crippen LogP contribution in [-0.2, 0) is 0 Å². The van der Waals surface area contributed by atoms with Crippen LogP contribution in [0.15, 0.2) is 24.3 Å². The molecule has 0 aliphatic carbocycles. The molecule has 20 heavy (non-hydrogen) atoms. The quantitative estimate of drug-likeness (QED) is 0.910. The molecule has 1 fully saturated rings. The van der Waals surface area contributed by atoms with Crippen LogP contribution in [0.2, 0.25) is 0 Å². The largest absolute Gasteiger partial charge is 0.308 e. The number of anilines is 1. The second-order valence-corrected chi connectivity index (χ2v) is 5.93. The molecule has 2 heterocycles. The molecule has 104 valence electrons. The molecule has 6 heteroatoms. The average Bonchev–Trinajstić information content (AvgIpc) is 3.08. The maximum absolute atomic E-state index is 12.1. The van der Waals surface area contributed by atoms with Gasteiger partial charge in [0.1, 0.15) is 5.01 Å². The summed E-state index contributed by atoms with van der Waals surface area (Å²) in [7, 11) is 0. The first-order valence-corrected chi connectivity index (χ1v) is 7.49. The summed E-state index contributed by atoms with van der Waals surface area (Å²) in [6.07, 6.45) is 2.25. The first-order valence-electron chi connectivity index (χ1n) is 6.67. The van der Waals surface area contributed by atoms with Crippen LogP contribution < -0.4 is 10.6 Å². The lowest BCUT2D eigenvalue weighted by atomic mass is 10.1. The fraction of sp³-hybridized carbons (Fsp3) is 0.357. The third-order valence-corrected chi connectivity index (χ3v) is 4.25. The maximum Gasteiger partial charge on any atom is 0.257 e. The Labute approximate surface area is 121 Å². The average molecular weight is 288 g/mol. The van der Waals surface area contributed by atoms with Crippen LogP contribution in [0, 0.1) is 6.92 Å². The molecule has 0 saturated carbocycles. The van der Waals surface area contributed by atoms with Gasteiger partial charge in [-0.05, 0) is 38.4 Å². The van der Waals surface area contributed by atoms with Crippen LogP contribution in [0.4, 0.5) is 5.13 Å². The van der Waals surface area contributed by atoms with Gasteiger partial charge in [0.15, 0.2) is 0 Å². The summed E-state index contributed by atoms with van der Waals surface area (Å²) < 4.78 is 0. The van der Waals surface area contributed by atoms with Gasteiger partial charge in [0.2, 0.25) is 5.13 Å². The fourth-order valence-electron chi connectivity index (χ4n) is 2.28. The van der Waals surface area contributed by atoms with Gasteiger partial charge in [0.05, 0.1) is 6.04 Å². The van der Waals surface area contributed by atoms with Crippen LogP contribution in [0.3, 0.4) is 0 Å². The van der Waals surface area contributed by atoms with E-state index in [-0.39, 0.29) is 11.9 Å². The molecule has 1 aliphatic rings. The van der Waals surface area contributed by atoms with E-state index in [1.54, 1.807) is 6.07 Å². The predicted octanol–water partition coefficient (Wildman–Crippen LogP) is 2.52. The van der Waals surface area contributed by atoms with Crippen molar-refractivity contribution in [2.45, 2.75) is 25.8 Å². The minimum absolute atomic E-state index is 0.143. The van der Waals surface area contributed by atoms with Crippen LogP contribution in [-0.4, -0.2) is 22.6 Å². The smallest absolute Gasteiger partial charge is 0.257 e. The number of aryl methyl sites for hydroxylation is 1. The predicted molar refractivity (Wildman–Crippen MR) is 79.0 cm³/mol. The molecule has 3 rings (SSSR count). The Morgan fingerprint density at radius 2 is 2.35 bits per heavy atom. The third-order valence-electron chi connectivity index (χ3n) is 3.30. The van der Waals surface area contributed by atoms with Gasteiger partial charge in [-0.25, -0.2) is 0 Å². The second-order valence-electron chi connectivity index (χ2n) is 4.92. The lowest BCUT2D eigenvalue weighted by molar-refractivity contribution is 0.102. The molecule has 2 N–H and O–H groups in total. The van der Waals surface area contributed by atoms with Crippen LogP contribution in [0.1, 0.15) is 39.8 Å². The summed E-state index contributed by atoms with van der Waals surface area (Å²) in [6, 6.07) is 7.78. The Morgan fingerprint density at radius 1 is 1.45 bits per heavy atom. The Balaban J connectivity index is 1.70. The molecule has 0 bridgehead atoms. The van der Waals surface area contributed by atoms with Gasteiger partial charge in [0.25, 0.3) is 5.91 Å². The normalized spacial score (nSPS) is 18.1. The van der Waals surface area contributed by atoms with E-state index in [0.29, 0.717) is 10.7 Å². The summed E-state index contributed by atoms with van der Waals surface area (Å²) >= 11 is 1.44. The Kier molecular flexibility index (Phi) is 3.75. The van der Waals surface area contributed by atoms with Crippen molar-refractivity contribution in [2.24, 2.45) is 0 Å². The number of rotatable bonds is 3. The van der Waals surface area contributed by atoms with Gasteiger partial charge >= 0.3 is 0 Å². The van der Waals surface area contributed by atoms with Crippen LogP contribution in [0.25, 0.3) is 0 Å². The summed E-state index contributed by atoms with van der Waals surface area (Å²) in [5.41, 5.74) is 1.70. The summed E-state index contributed by atoms with van der Waals surface area (Å²) in [5, 5.41) is 15.9. The Bertz CT molecular complexity index is 619. The highest BCUT2D eigenvalue weighted by Gasteiger charge is 2.21. The molecular formula is C14H16N4OS. The zero-order chi connectivity index (χ0) is 13.9. The molecule has 2 aromatic rings. The number of nitrogens with zero attached hydrogens (tertiary/aromatic N) is 2. The number of amides is 1. The van der Waals surface area contributed by atoms with Crippen molar-refractivity contribution in [1.82, 2.24) is 15.5 Å². The number of benzene rings is 1. The van der Waals surface area contributed by atoms with E-state index < -0.39 is 0 Å². The number of carbonyl (C=O) groups excluding carboxylic acids is 1. The van der Waals surface area contributed by atoms with Crippen molar-refractivity contribution < 1.29 is 4.79 Å². The summed E-state index contributed by atoms with van der Waals surface area (Å²) in [4.78, 5) is 12.1.